The Hall–Kier alpha value is -2.19. The molecule has 3 rings (SSSR count). The number of rotatable bonds is 4. The van der Waals surface area contributed by atoms with E-state index in [1.54, 1.807) is 6.07 Å². The average Bonchev–Trinajstić information content (AvgIpc) is 2.61. The summed E-state index contributed by atoms with van der Waals surface area (Å²) in [5, 5.41) is 0. The maximum atomic E-state index is 13.0. The summed E-state index contributed by atoms with van der Waals surface area (Å²) in [6.45, 7) is 3.29. The smallest absolute Gasteiger partial charge is 0.302 e. The molecule has 0 aliphatic carbocycles. The molecule has 6 nitrogen and oxygen atoms in total. The van der Waals surface area contributed by atoms with E-state index in [-0.39, 0.29) is 32.1 Å². The van der Waals surface area contributed by atoms with Gasteiger partial charge in [-0.05, 0) is 36.2 Å². The zero-order valence-electron chi connectivity index (χ0n) is 14.3. The molecule has 8 heteroatoms. The van der Waals surface area contributed by atoms with Gasteiger partial charge in [-0.1, -0.05) is 25.1 Å². The minimum Gasteiger partial charge on any atom is -0.465 e. The van der Waals surface area contributed by atoms with Crippen molar-refractivity contribution in [2.24, 2.45) is 0 Å². The van der Waals surface area contributed by atoms with Crippen molar-refractivity contribution in [2.75, 3.05) is 6.61 Å². The quantitative estimate of drug-likeness (QED) is 0.632. The van der Waals surface area contributed by atoms with Gasteiger partial charge in [0.15, 0.2) is 0 Å². The zero-order chi connectivity index (χ0) is 19.1. The van der Waals surface area contributed by atoms with Crippen LogP contribution in [0.15, 0.2) is 62.0 Å². The van der Waals surface area contributed by atoms with Gasteiger partial charge in [0.2, 0.25) is 19.7 Å². The fourth-order valence-electron chi connectivity index (χ4n) is 3.01. The number of fused-ring (bicyclic) bond motifs is 2. The summed E-state index contributed by atoms with van der Waals surface area (Å²) in [6.07, 6.45) is 0.607. The molecule has 1 unspecified atom stereocenters. The molecular weight excluding hydrogens is 376 g/mol. The Kier molecular flexibility index (Phi) is 4.66. The lowest BCUT2D eigenvalue weighted by atomic mass is 9.97. The number of hydrogen-bond donors (Lipinski definition) is 0. The van der Waals surface area contributed by atoms with Gasteiger partial charge in [0.25, 0.3) is 0 Å². The van der Waals surface area contributed by atoms with Crippen molar-refractivity contribution >= 4 is 25.6 Å². The van der Waals surface area contributed by atoms with E-state index in [9.17, 15) is 21.6 Å². The van der Waals surface area contributed by atoms with Gasteiger partial charge < -0.3 is 4.74 Å². The summed E-state index contributed by atoms with van der Waals surface area (Å²) in [4.78, 5) is 10.2. The molecule has 1 atom stereocenters. The minimum absolute atomic E-state index is 0.105. The second kappa shape index (κ2) is 6.51. The lowest BCUT2D eigenvalue weighted by molar-refractivity contribution is -0.141. The number of esters is 1. The van der Waals surface area contributed by atoms with Crippen LogP contribution in [0.25, 0.3) is 0 Å². The van der Waals surface area contributed by atoms with E-state index in [0.29, 0.717) is 12.0 Å². The Morgan fingerprint density at radius 1 is 0.923 bits per heavy atom. The summed E-state index contributed by atoms with van der Waals surface area (Å²) >= 11 is 0. The Labute approximate surface area is 152 Å². The molecule has 138 valence electrons. The normalized spacial score (nSPS) is 17.6. The maximum Gasteiger partial charge on any atom is 0.302 e. The lowest BCUT2D eigenvalue weighted by Gasteiger charge is -2.22. The van der Waals surface area contributed by atoms with Crippen LogP contribution in [0.1, 0.15) is 31.7 Å². The zero-order valence-corrected chi connectivity index (χ0v) is 15.9. The van der Waals surface area contributed by atoms with Crippen LogP contribution in [-0.4, -0.2) is 29.4 Å². The Balaban J connectivity index is 2.18. The molecule has 0 saturated carbocycles. The highest BCUT2D eigenvalue weighted by atomic mass is 32.2. The summed E-state index contributed by atoms with van der Waals surface area (Å²) in [7, 11) is -7.87. The van der Waals surface area contributed by atoms with Crippen LogP contribution in [0.3, 0.4) is 0 Å². The van der Waals surface area contributed by atoms with Gasteiger partial charge in [-0.25, -0.2) is 16.8 Å². The summed E-state index contributed by atoms with van der Waals surface area (Å²) in [6, 6.07) is 9.88. The van der Waals surface area contributed by atoms with E-state index in [4.69, 9.17) is 4.74 Å². The van der Waals surface area contributed by atoms with Crippen molar-refractivity contribution in [1.82, 2.24) is 0 Å². The van der Waals surface area contributed by atoms with Crippen LogP contribution in [0.2, 0.25) is 0 Å². The van der Waals surface area contributed by atoms with Crippen molar-refractivity contribution < 1.29 is 26.4 Å². The predicted molar refractivity (Wildman–Crippen MR) is 93.5 cm³/mol. The van der Waals surface area contributed by atoms with Crippen molar-refractivity contribution in [3.63, 3.8) is 0 Å². The van der Waals surface area contributed by atoms with Crippen molar-refractivity contribution in [3.05, 3.63) is 48.0 Å². The first-order chi connectivity index (χ1) is 12.2. The number of carbonyl (C=O) groups is 1. The third-order valence-corrected chi connectivity index (χ3v) is 8.41. The van der Waals surface area contributed by atoms with Crippen LogP contribution in [0.5, 0.6) is 0 Å². The maximum absolute atomic E-state index is 13.0. The van der Waals surface area contributed by atoms with Gasteiger partial charge in [-0.3, -0.25) is 4.79 Å². The van der Waals surface area contributed by atoms with Gasteiger partial charge in [0.05, 0.1) is 26.2 Å². The molecule has 0 radical (unpaired) electrons. The molecule has 1 aliphatic rings. The van der Waals surface area contributed by atoms with Gasteiger partial charge >= 0.3 is 5.97 Å². The van der Waals surface area contributed by atoms with Gasteiger partial charge in [0, 0.05) is 12.8 Å². The molecule has 26 heavy (non-hydrogen) atoms. The van der Waals surface area contributed by atoms with Gasteiger partial charge in [0.1, 0.15) is 0 Å². The fraction of sp³-hybridized carbons (Fsp3) is 0.278. The first-order valence-corrected chi connectivity index (χ1v) is 11.0. The number of carbonyl (C=O) groups excluding carboxylic acids is 1. The third-order valence-electron chi connectivity index (χ3n) is 4.43. The highest BCUT2D eigenvalue weighted by Crippen LogP contribution is 2.41. The number of hydrogen-bond acceptors (Lipinski definition) is 6. The molecule has 0 saturated heterocycles. The highest BCUT2D eigenvalue weighted by molar-refractivity contribution is 7.97. The number of ether oxygens (including phenoxy) is 1. The lowest BCUT2D eigenvalue weighted by Crippen LogP contribution is -2.20. The highest BCUT2D eigenvalue weighted by Gasteiger charge is 2.39. The van der Waals surface area contributed by atoms with Crippen LogP contribution in [-0.2, 0) is 29.2 Å². The Morgan fingerprint density at radius 2 is 1.46 bits per heavy atom. The molecule has 1 aliphatic heterocycles. The van der Waals surface area contributed by atoms with Gasteiger partial charge in [-0.2, -0.15) is 0 Å². The Bertz CT molecular complexity index is 1080. The second-order valence-electron chi connectivity index (χ2n) is 6.07. The van der Waals surface area contributed by atoms with Crippen LogP contribution >= 0.6 is 0 Å². The summed E-state index contributed by atoms with van der Waals surface area (Å²) in [5.74, 6) is -0.648. The molecule has 0 spiro atoms. The van der Waals surface area contributed by atoms with Crippen LogP contribution in [0.4, 0.5) is 0 Å². The summed E-state index contributed by atoms with van der Waals surface area (Å²) in [5.41, 5.74) is 0.616. The SMILES string of the molecule is CCC(COC(C)=O)c1ccc2c(c1)S(=O)(=O)c1ccccc1S2(=O)=O. The van der Waals surface area contributed by atoms with Crippen LogP contribution in [0, 0.1) is 0 Å². The average molecular weight is 394 g/mol. The van der Waals surface area contributed by atoms with E-state index in [2.05, 4.69) is 0 Å². The standard InChI is InChI=1S/C18H18O6S2/c1-3-13(11-24-12(2)19)14-8-9-17-18(10-14)26(22,23)16-7-5-4-6-15(16)25(17,20)21/h4-10,13H,3,11H2,1-2H3. The molecule has 0 amide bonds. The minimum atomic E-state index is -3.95. The molecule has 2 aromatic rings. The molecule has 0 aromatic heterocycles. The molecule has 1 heterocycles. The van der Waals surface area contributed by atoms with E-state index in [1.807, 2.05) is 6.92 Å². The monoisotopic (exact) mass is 394 g/mol. The predicted octanol–water partition coefficient (Wildman–Crippen LogP) is 2.72. The van der Waals surface area contributed by atoms with E-state index in [0.717, 1.165) is 0 Å². The van der Waals surface area contributed by atoms with Crippen molar-refractivity contribution in [1.29, 1.82) is 0 Å². The van der Waals surface area contributed by atoms with Crippen molar-refractivity contribution in [3.8, 4) is 0 Å². The fourth-order valence-corrected chi connectivity index (χ4v) is 7.18. The van der Waals surface area contributed by atoms with E-state index >= 15 is 0 Å². The van der Waals surface area contributed by atoms with Gasteiger partial charge in [-0.15, -0.1) is 0 Å². The van der Waals surface area contributed by atoms with E-state index < -0.39 is 25.6 Å². The molecule has 2 aromatic carbocycles. The number of benzene rings is 2. The molecule has 0 N–H and O–H groups in total. The Morgan fingerprint density at radius 3 is 2.00 bits per heavy atom. The van der Waals surface area contributed by atoms with Crippen molar-refractivity contribution in [2.45, 2.75) is 45.8 Å². The van der Waals surface area contributed by atoms with E-state index in [1.165, 1.54) is 43.3 Å². The first kappa shape index (κ1) is 18.6. The molecule has 0 bridgehead atoms. The topological polar surface area (TPSA) is 94.6 Å². The molecular formula is C18H18O6S2. The number of sulfone groups is 2. The first-order valence-electron chi connectivity index (χ1n) is 8.06. The second-order valence-corrected chi connectivity index (χ2v) is 9.84. The molecule has 0 fully saturated rings. The summed E-state index contributed by atoms with van der Waals surface area (Å²) < 4.78 is 56.6. The third kappa shape index (κ3) is 2.93. The largest absolute Gasteiger partial charge is 0.465 e. The van der Waals surface area contributed by atoms with Crippen LogP contribution < -0.4 is 0 Å².